The second-order valence-corrected chi connectivity index (χ2v) is 6.10. The third kappa shape index (κ3) is 4.53. The molecule has 5 heteroatoms. The van der Waals surface area contributed by atoms with Gasteiger partial charge in [-0.3, -0.25) is 19.3 Å². The summed E-state index contributed by atoms with van der Waals surface area (Å²) in [6.07, 6.45) is 1.72. The van der Waals surface area contributed by atoms with E-state index in [9.17, 15) is 14.4 Å². The lowest BCUT2D eigenvalue weighted by Crippen LogP contribution is -2.28. The summed E-state index contributed by atoms with van der Waals surface area (Å²) in [6, 6.07) is 17.1. The number of carbonyl (C=O) groups excluding carboxylic acids is 3. The van der Waals surface area contributed by atoms with Crippen LogP contribution >= 0.6 is 0 Å². The number of aryl methyl sites for hydroxylation is 1. The van der Waals surface area contributed by atoms with Crippen molar-refractivity contribution in [2.24, 2.45) is 0 Å². The van der Waals surface area contributed by atoms with Crippen molar-refractivity contribution < 1.29 is 14.4 Å². The summed E-state index contributed by atoms with van der Waals surface area (Å²) in [5.74, 6) is -0.284. The van der Waals surface area contributed by atoms with E-state index in [1.54, 1.807) is 12.1 Å². The molecule has 5 nitrogen and oxygen atoms in total. The monoisotopic (exact) mass is 336 g/mol. The summed E-state index contributed by atoms with van der Waals surface area (Å²) < 4.78 is 0. The molecule has 0 saturated carbocycles. The first-order chi connectivity index (χ1) is 12.1. The summed E-state index contributed by atoms with van der Waals surface area (Å²) in [7, 11) is 0. The van der Waals surface area contributed by atoms with Crippen LogP contribution in [-0.4, -0.2) is 22.6 Å². The van der Waals surface area contributed by atoms with Crippen molar-refractivity contribution >= 4 is 23.4 Å². The van der Waals surface area contributed by atoms with E-state index in [0.29, 0.717) is 37.9 Å². The average Bonchev–Trinajstić information content (AvgIpc) is 2.94. The zero-order chi connectivity index (χ0) is 17.6. The van der Waals surface area contributed by atoms with E-state index in [1.807, 2.05) is 42.5 Å². The molecule has 128 valence electrons. The number of hydrogen-bond acceptors (Lipinski definition) is 3. The molecule has 0 unspecified atom stereocenters. The van der Waals surface area contributed by atoms with Crippen LogP contribution in [0.15, 0.2) is 54.6 Å². The standard InChI is InChI=1S/C20H20N2O3/c23-18(11-8-15-4-2-1-3-5-15)21-17-9-6-16(7-10-17)14-22-19(24)12-13-20(22)25/h1-7,9-10H,8,11-14H2,(H,21,23). The number of hydrogen-bond donors (Lipinski definition) is 1. The molecule has 2 aromatic rings. The topological polar surface area (TPSA) is 66.5 Å². The van der Waals surface area contributed by atoms with Crippen LogP contribution in [0.3, 0.4) is 0 Å². The molecule has 1 saturated heterocycles. The van der Waals surface area contributed by atoms with Gasteiger partial charge >= 0.3 is 0 Å². The van der Waals surface area contributed by atoms with Gasteiger partial charge < -0.3 is 5.32 Å². The summed E-state index contributed by atoms with van der Waals surface area (Å²) in [5, 5.41) is 2.86. The van der Waals surface area contributed by atoms with Gasteiger partial charge in [-0.2, -0.15) is 0 Å². The summed E-state index contributed by atoms with van der Waals surface area (Å²) >= 11 is 0. The lowest BCUT2D eigenvalue weighted by Gasteiger charge is -2.14. The lowest BCUT2D eigenvalue weighted by molar-refractivity contribution is -0.139. The van der Waals surface area contributed by atoms with E-state index >= 15 is 0 Å². The van der Waals surface area contributed by atoms with Crippen LogP contribution in [0.2, 0.25) is 0 Å². The van der Waals surface area contributed by atoms with Crippen molar-refractivity contribution in [2.45, 2.75) is 32.2 Å². The zero-order valence-electron chi connectivity index (χ0n) is 13.9. The maximum absolute atomic E-state index is 12.0. The number of rotatable bonds is 6. The van der Waals surface area contributed by atoms with Crippen LogP contribution in [0, 0.1) is 0 Å². The maximum atomic E-state index is 12.0. The van der Waals surface area contributed by atoms with E-state index in [0.717, 1.165) is 11.1 Å². The fraction of sp³-hybridized carbons (Fsp3) is 0.250. The van der Waals surface area contributed by atoms with Crippen LogP contribution in [0.25, 0.3) is 0 Å². The van der Waals surface area contributed by atoms with Gasteiger partial charge in [-0.1, -0.05) is 42.5 Å². The number of benzene rings is 2. The molecule has 3 amide bonds. The van der Waals surface area contributed by atoms with Crippen LogP contribution in [0.1, 0.15) is 30.4 Å². The Morgan fingerprint density at radius 2 is 1.52 bits per heavy atom. The highest BCUT2D eigenvalue weighted by atomic mass is 16.2. The van der Waals surface area contributed by atoms with Crippen molar-refractivity contribution in [1.82, 2.24) is 4.90 Å². The van der Waals surface area contributed by atoms with Gasteiger partial charge in [0.25, 0.3) is 0 Å². The number of nitrogens with zero attached hydrogens (tertiary/aromatic N) is 1. The smallest absolute Gasteiger partial charge is 0.229 e. The number of likely N-dealkylation sites (tertiary alicyclic amines) is 1. The molecule has 25 heavy (non-hydrogen) atoms. The Labute approximate surface area is 146 Å². The minimum Gasteiger partial charge on any atom is -0.326 e. The number of amides is 3. The molecule has 0 aliphatic carbocycles. The van der Waals surface area contributed by atoms with Gasteiger partial charge in [0.1, 0.15) is 0 Å². The third-order valence-electron chi connectivity index (χ3n) is 4.22. The first-order valence-electron chi connectivity index (χ1n) is 8.38. The second-order valence-electron chi connectivity index (χ2n) is 6.10. The maximum Gasteiger partial charge on any atom is 0.229 e. The predicted octanol–water partition coefficient (Wildman–Crippen LogP) is 2.91. The Morgan fingerprint density at radius 3 is 2.16 bits per heavy atom. The molecule has 0 radical (unpaired) electrons. The molecule has 1 aliphatic heterocycles. The van der Waals surface area contributed by atoms with Gasteiger partial charge in [0.2, 0.25) is 17.7 Å². The highest BCUT2D eigenvalue weighted by molar-refractivity contribution is 6.01. The van der Waals surface area contributed by atoms with E-state index in [2.05, 4.69) is 5.32 Å². The Balaban J connectivity index is 1.51. The Bertz CT molecular complexity index is 753. The number of carbonyl (C=O) groups is 3. The molecular weight excluding hydrogens is 316 g/mol. The van der Waals surface area contributed by atoms with Crippen molar-refractivity contribution in [3.8, 4) is 0 Å². The molecule has 1 heterocycles. The fourth-order valence-corrected chi connectivity index (χ4v) is 2.80. The quantitative estimate of drug-likeness (QED) is 0.825. The second kappa shape index (κ2) is 7.75. The minimum atomic E-state index is -0.122. The third-order valence-corrected chi connectivity index (χ3v) is 4.22. The molecule has 3 rings (SSSR count). The molecule has 2 aromatic carbocycles. The molecule has 0 atom stereocenters. The van der Waals surface area contributed by atoms with Gasteiger partial charge in [-0.05, 0) is 29.7 Å². The van der Waals surface area contributed by atoms with Crippen molar-refractivity contribution in [2.75, 3.05) is 5.32 Å². The van der Waals surface area contributed by atoms with Gasteiger partial charge in [0.15, 0.2) is 0 Å². The Morgan fingerprint density at radius 1 is 0.880 bits per heavy atom. The van der Waals surface area contributed by atoms with Crippen LogP contribution < -0.4 is 5.32 Å². The largest absolute Gasteiger partial charge is 0.326 e. The first-order valence-corrected chi connectivity index (χ1v) is 8.38. The van der Waals surface area contributed by atoms with Gasteiger partial charge in [-0.15, -0.1) is 0 Å². The summed E-state index contributed by atoms with van der Waals surface area (Å²) in [4.78, 5) is 36.6. The van der Waals surface area contributed by atoms with Gasteiger partial charge in [0.05, 0.1) is 6.54 Å². The average molecular weight is 336 g/mol. The van der Waals surface area contributed by atoms with Gasteiger partial charge in [0, 0.05) is 24.9 Å². The number of nitrogens with one attached hydrogen (secondary N) is 1. The SMILES string of the molecule is O=C(CCc1ccccc1)Nc1ccc(CN2C(=O)CCC2=O)cc1. The van der Waals surface area contributed by atoms with Crippen molar-refractivity contribution in [3.63, 3.8) is 0 Å². The van der Waals surface area contributed by atoms with Crippen LogP contribution in [0.5, 0.6) is 0 Å². The van der Waals surface area contributed by atoms with E-state index in [4.69, 9.17) is 0 Å². The van der Waals surface area contributed by atoms with Crippen LogP contribution in [-0.2, 0) is 27.3 Å². The molecule has 1 N–H and O–H groups in total. The van der Waals surface area contributed by atoms with E-state index < -0.39 is 0 Å². The highest BCUT2D eigenvalue weighted by Gasteiger charge is 2.28. The van der Waals surface area contributed by atoms with Crippen molar-refractivity contribution in [3.05, 3.63) is 65.7 Å². The Hall–Kier alpha value is -2.95. The molecule has 1 fully saturated rings. The van der Waals surface area contributed by atoms with E-state index in [-0.39, 0.29) is 17.7 Å². The van der Waals surface area contributed by atoms with Crippen LogP contribution in [0.4, 0.5) is 5.69 Å². The summed E-state index contributed by atoms with van der Waals surface area (Å²) in [6.45, 7) is 0.292. The minimum absolute atomic E-state index is 0.0403. The number of imide groups is 1. The first kappa shape index (κ1) is 16.9. The highest BCUT2D eigenvalue weighted by Crippen LogP contribution is 2.17. The molecule has 0 aromatic heterocycles. The lowest BCUT2D eigenvalue weighted by atomic mass is 10.1. The fourth-order valence-electron chi connectivity index (χ4n) is 2.80. The zero-order valence-corrected chi connectivity index (χ0v) is 13.9. The predicted molar refractivity (Wildman–Crippen MR) is 94.6 cm³/mol. The molecular formula is C20H20N2O3. The molecule has 1 aliphatic rings. The molecule has 0 bridgehead atoms. The Kier molecular flexibility index (Phi) is 5.23. The van der Waals surface area contributed by atoms with Gasteiger partial charge in [-0.25, -0.2) is 0 Å². The normalized spacial score (nSPS) is 14.0. The molecule has 0 spiro atoms. The summed E-state index contributed by atoms with van der Waals surface area (Å²) in [5.41, 5.74) is 2.71. The van der Waals surface area contributed by atoms with Crippen molar-refractivity contribution in [1.29, 1.82) is 0 Å². The van der Waals surface area contributed by atoms with E-state index in [1.165, 1.54) is 4.90 Å². The number of anilines is 1.